The van der Waals surface area contributed by atoms with Crippen LogP contribution in [0.25, 0.3) is 6.08 Å². The first-order valence-corrected chi connectivity index (χ1v) is 7.45. The van der Waals surface area contributed by atoms with Crippen LogP contribution in [0.4, 0.5) is 0 Å². The van der Waals surface area contributed by atoms with Crippen molar-refractivity contribution >= 4 is 11.9 Å². The fourth-order valence-corrected chi connectivity index (χ4v) is 4.09. The maximum atomic E-state index is 11.9. The molecule has 0 N–H and O–H groups in total. The number of ketones is 1. The van der Waals surface area contributed by atoms with Gasteiger partial charge < -0.3 is 0 Å². The van der Waals surface area contributed by atoms with Crippen molar-refractivity contribution in [2.45, 2.75) is 31.1 Å². The maximum absolute atomic E-state index is 11.9. The molecule has 1 aromatic carbocycles. The van der Waals surface area contributed by atoms with Crippen molar-refractivity contribution in [1.82, 2.24) is 0 Å². The molecule has 2 atom stereocenters. The molecule has 1 heteroatoms. The summed E-state index contributed by atoms with van der Waals surface area (Å²) in [6, 6.07) is 8.64. The van der Waals surface area contributed by atoms with Crippen LogP contribution in [-0.4, -0.2) is 5.78 Å². The first-order valence-electron chi connectivity index (χ1n) is 7.45. The molecule has 1 saturated carbocycles. The lowest BCUT2D eigenvalue weighted by atomic mass is 9.71. The molecule has 0 heterocycles. The Hall–Kier alpha value is -1.89. The van der Waals surface area contributed by atoms with Gasteiger partial charge in [-0.1, -0.05) is 54.6 Å². The third-order valence-corrected chi connectivity index (χ3v) is 5.05. The van der Waals surface area contributed by atoms with Gasteiger partial charge in [0.1, 0.15) is 5.78 Å². The number of hydrogen-bond acceptors (Lipinski definition) is 1. The lowest BCUT2D eigenvalue weighted by molar-refractivity contribution is -0.117. The Morgan fingerprint density at radius 1 is 1.15 bits per heavy atom. The molecule has 3 aliphatic carbocycles. The summed E-state index contributed by atoms with van der Waals surface area (Å²) in [6.07, 6.45) is 14.6. The van der Waals surface area contributed by atoms with Crippen molar-refractivity contribution in [3.05, 3.63) is 65.3 Å². The van der Waals surface area contributed by atoms with Crippen LogP contribution in [0.5, 0.6) is 0 Å². The smallest absolute Gasteiger partial charge is 0.133 e. The standard InChI is InChI=1S/C19H18O/c20-17-9-10-19(13-17)12-16-7-2-1-5-14(16)11-15-6-3-4-8-18(15)19/h1-8,11,16H,9-10,12-13H2. The topological polar surface area (TPSA) is 17.1 Å². The average Bonchev–Trinajstić information content (AvgIpc) is 2.77. The van der Waals surface area contributed by atoms with Gasteiger partial charge in [-0.05, 0) is 29.5 Å². The Balaban J connectivity index is 1.90. The van der Waals surface area contributed by atoms with E-state index >= 15 is 0 Å². The van der Waals surface area contributed by atoms with Crippen LogP contribution in [0, 0.1) is 5.92 Å². The lowest BCUT2D eigenvalue weighted by Gasteiger charge is -2.32. The van der Waals surface area contributed by atoms with Crippen molar-refractivity contribution in [2.24, 2.45) is 5.92 Å². The molecule has 20 heavy (non-hydrogen) atoms. The zero-order chi connectivity index (χ0) is 13.6. The van der Waals surface area contributed by atoms with Crippen LogP contribution in [0.1, 0.15) is 36.8 Å². The predicted octanol–water partition coefficient (Wildman–Crippen LogP) is 4.21. The van der Waals surface area contributed by atoms with Crippen molar-refractivity contribution in [2.75, 3.05) is 0 Å². The van der Waals surface area contributed by atoms with Gasteiger partial charge in [-0.2, -0.15) is 0 Å². The molecule has 0 bridgehead atoms. The molecule has 100 valence electrons. The largest absolute Gasteiger partial charge is 0.300 e. The molecule has 2 unspecified atom stereocenters. The van der Waals surface area contributed by atoms with Gasteiger partial charge in [0.2, 0.25) is 0 Å². The average molecular weight is 262 g/mol. The van der Waals surface area contributed by atoms with Gasteiger partial charge in [-0.3, -0.25) is 4.79 Å². The van der Waals surface area contributed by atoms with Crippen LogP contribution in [0.3, 0.4) is 0 Å². The van der Waals surface area contributed by atoms with Gasteiger partial charge in [0, 0.05) is 24.2 Å². The van der Waals surface area contributed by atoms with Crippen molar-refractivity contribution in [3.8, 4) is 0 Å². The van der Waals surface area contributed by atoms with E-state index in [1.165, 1.54) is 16.7 Å². The highest BCUT2D eigenvalue weighted by Gasteiger charge is 2.43. The van der Waals surface area contributed by atoms with E-state index in [2.05, 4.69) is 54.6 Å². The van der Waals surface area contributed by atoms with E-state index in [4.69, 9.17) is 0 Å². The van der Waals surface area contributed by atoms with Crippen molar-refractivity contribution in [3.63, 3.8) is 0 Å². The highest BCUT2D eigenvalue weighted by molar-refractivity contribution is 5.83. The molecular formula is C19H18O. The summed E-state index contributed by atoms with van der Waals surface area (Å²) in [5.74, 6) is 0.886. The molecule has 1 nitrogen and oxygen atoms in total. The monoisotopic (exact) mass is 262 g/mol. The summed E-state index contributed by atoms with van der Waals surface area (Å²) in [5, 5.41) is 0. The molecule has 1 aromatic rings. The van der Waals surface area contributed by atoms with E-state index in [0.29, 0.717) is 11.7 Å². The number of Topliss-reactive ketones (excluding diaryl/α,β-unsaturated/α-hetero) is 1. The number of carbonyl (C=O) groups is 1. The number of hydrogen-bond donors (Lipinski definition) is 0. The van der Waals surface area contributed by atoms with Gasteiger partial charge in [-0.25, -0.2) is 0 Å². The van der Waals surface area contributed by atoms with Crippen LogP contribution >= 0.6 is 0 Å². The number of allylic oxidation sites excluding steroid dienone is 5. The van der Waals surface area contributed by atoms with Gasteiger partial charge in [0.05, 0.1) is 0 Å². The molecular weight excluding hydrogens is 244 g/mol. The Kier molecular flexibility index (Phi) is 2.56. The second-order valence-electron chi connectivity index (χ2n) is 6.28. The van der Waals surface area contributed by atoms with Crippen molar-refractivity contribution in [1.29, 1.82) is 0 Å². The predicted molar refractivity (Wildman–Crippen MR) is 81.3 cm³/mol. The molecule has 0 radical (unpaired) electrons. The van der Waals surface area contributed by atoms with Gasteiger partial charge >= 0.3 is 0 Å². The van der Waals surface area contributed by atoms with E-state index in [-0.39, 0.29) is 5.41 Å². The SMILES string of the molecule is O=C1CCC2(C1)CC1C=CC=CC1=Cc1ccccc12. The minimum atomic E-state index is 0.0616. The summed E-state index contributed by atoms with van der Waals surface area (Å²) < 4.78 is 0. The lowest BCUT2D eigenvalue weighted by Crippen LogP contribution is -2.26. The van der Waals surface area contributed by atoms with Gasteiger partial charge in [-0.15, -0.1) is 0 Å². The number of rotatable bonds is 0. The zero-order valence-electron chi connectivity index (χ0n) is 11.5. The van der Waals surface area contributed by atoms with Gasteiger partial charge in [0.25, 0.3) is 0 Å². The highest BCUT2D eigenvalue weighted by Crippen LogP contribution is 2.49. The van der Waals surface area contributed by atoms with Crippen LogP contribution in [0.15, 0.2) is 54.1 Å². The van der Waals surface area contributed by atoms with E-state index in [1.54, 1.807) is 0 Å². The van der Waals surface area contributed by atoms with Gasteiger partial charge in [0.15, 0.2) is 0 Å². The first-order chi connectivity index (χ1) is 9.77. The Bertz CT molecular complexity index is 662. The van der Waals surface area contributed by atoms with E-state index in [9.17, 15) is 4.79 Å². The van der Waals surface area contributed by atoms with Crippen LogP contribution in [0.2, 0.25) is 0 Å². The molecule has 0 aliphatic heterocycles. The molecule has 3 aliphatic rings. The Labute approximate surface area is 119 Å². The molecule has 1 fully saturated rings. The Morgan fingerprint density at radius 3 is 2.90 bits per heavy atom. The molecule has 1 spiro atoms. The Morgan fingerprint density at radius 2 is 2.05 bits per heavy atom. The molecule has 0 aromatic heterocycles. The van der Waals surface area contributed by atoms with E-state index in [0.717, 1.165) is 25.7 Å². The van der Waals surface area contributed by atoms with Crippen LogP contribution in [-0.2, 0) is 10.2 Å². The first kappa shape index (κ1) is 11.9. The second-order valence-corrected chi connectivity index (χ2v) is 6.28. The maximum Gasteiger partial charge on any atom is 0.133 e. The van der Waals surface area contributed by atoms with E-state index in [1.807, 2.05) is 0 Å². The fraction of sp³-hybridized carbons (Fsp3) is 0.316. The second kappa shape index (κ2) is 4.31. The normalized spacial score (nSPS) is 30.9. The third-order valence-electron chi connectivity index (χ3n) is 5.05. The molecule has 0 saturated heterocycles. The van der Waals surface area contributed by atoms with Crippen LogP contribution < -0.4 is 0 Å². The number of benzene rings is 1. The minimum absolute atomic E-state index is 0.0616. The zero-order valence-corrected chi connectivity index (χ0v) is 11.5. The van der Waals surface area contributed by atoms with E-state index < -0.39 is 0 Å². The number of fused-ring (bicyclic) bond motifs is 3. The third kappa shape index (κ3) is 1.73. The summed E-state index contributed by atoms with van der Waals surface area (Å²) in [7, 11) is 0. The summed E-state index contributed by atoms with van der Waals surface area (Å²) in [4.78, 5) is 11.9. The molecule has 0 amide bonds. The quantitative estimate of drug-likeness (QED) is 0.684. The minimum Gasteiger partial charge on any atom is -0.300 e. The summed E-state index contributed by atoms with van der Waals surface area (Å²) >= 11 is 0. The number of carbonyl (C=O) groups excluding carboxylic acids is 1. The summed E-state index contributed by atoms with van der Waals surface area (Å²) in [5.41, 5.74) is 4.14. The highest BCUT2D eigenvalue weighted by atomic mass is 16.1. The van der Waals surface area contributed by atoms with Crippen molar-refractivity contribution < 1.29 is 4.79 Å². The summed E-state index contributed by atoms with van der Waals surface area (Å²) in [6.45, 7) is 0. The fourth-order valence-electron chi connectivity index (χ4n) is 4.09. The molecule has 4 rings (SSSR count).